The lowest BCUT2D eigenvalue weighted by Gasteiger charge is -2.36. The van der Waals surface area contributed by atoms with Crippen molar-refractivity contribution in [2.24, 2.45) is 0 Å². The van der Waals surface area contributed by atoms with Crippen LogP contribution in [-0.2, 0) is 20.9 Å². The normalized spacial score (nSPS) is 19.6. The summed E-state index contributed by atoms with van der Waals surface area (Å²) >= 11 is 1.65. The molecular weight excluding hydrogens is 474 g/mol. The summed E-state index contributed by atoms with van der Waals surface area (Å²) in [5, 5.41) is 15.6. The van der Waals surface area contributed by atoms with Crippen LogP contribution < -0.4 is 10.1 Å². The van der Waals surface area contributed by atoms with Crippen molar-refractivity contribution in [3.8, 4) is 11.5 Å². The van der Waals surface area contributed by atoms with Crippen molar-refractivity contribution in [2.45, 2.75) is 38.2 Å². The van der Waals surface area contributed by atoms with Crippen LogP contribution in [0.15, 0.2) is 88.6 Å². The smallest absolute Gasteiger partial charge is 0.337 e. The number of hydrogen-bond acceptors (Lipinski definition) is 7. The number of Topliss-reactive ketones (excluding diaryl/α,β-unsaturated/α-hetero) is 1. The number of dihydropyridines is 1. The van der Waals surface area contributed by atoms with Gasteiger partial charge in [-0.2, -0.15) is 0 Å². The van der Waals surface area contributed by atoms with Crippen molar-refractivity contribution in [3.05, 3.63) is 105 Å². The van der Waals surface area contributed by atoms with Crippen molar-refractivity contribution >= 4 is 23.1 Å². The fourth-order valence-electron chi connectivity index (χ4n) is 5.02. The van der Waals surface area contributed by atoms with Gasteiger partial charge in [0, 0.05) is 40.1 Å². The zero-order chi connectivity index (χ0) is 25.2. The number of hydrogen-bond donors (Lipinski definition) is 2. The highest BCUT2D eigenvalue weighted by molar-refractivity contribution is 7.10. The number of allylic oxidation sites excluding steroid dienone is 3. The van der Waals surface area contributed by atoms with Gasteiger partial charge in [-0.15, -0.1) is 11.3 Å². The van der Waals surface area contributed by atoms with Gasteiger partial charge >= 0.3 is 5.97 Å². The molecule has 1 aliphatic heterocycles. The zero-order valence-corrected chi connectivity index (χ0v) is 20.9. The molecule has 36 heavy (non-hydrogen) atoms. The first-order valence-electron chi connectivity index (χ1n) is 11.8. The molecule has 1 aliphatic carbocycles. The van der Waals surface area contributed by atoms with Crippen molar-refractivity contribution in [3.63, 3.8) is 0 Å². The third-order valence-electron chi connectivity index (χ3n) is 6.73. The molecule has 0 fully saturated rings. The van der Waals surface area contributed by atoms with Gasteiger partial charge in [-0.1, -0.05) is 30.3 Å². The molecule has 1 aromatic heterocycles. The number of aromatic hydroxyl groups is 1. The molecular formula is C29H27NO5S. The van der Waals surface area contributed by atoms with Gasteiger partial charge in [-0.25, -0.2) is 4.79 Å². The standard InChI is InChI=1S/C29H27NO5S/c1-17-26(29(33)35-16-18-8-10-22(34-2)11-9-18)27(19-5-3-6-21(31)13-19)28-23(30-17)14-20(15-24(28)32)25-7-4-12-36-25/h3-13,20,27,30-31H,14-16H2,1-2H3/t20-,27-/m0/s1. The Labute approximate surface area is 213 Å². The van der Waals surface area contributed by atoms with Crippen molar-refractivity contribution in [1.29, 1.82) is 0 Å². The van der Waals surface area contributed by atoms with E-state index in [0.29, 0.717) is 35.2 Å². The van der Waals surface area contributed by atoms with E-state index in [1.807, 2.05) is 48.7 Å². The molecule has 7 heteroatoms. The first-order valence-corrected chi connectivity index (χ1v) is 12.7. The van der Waals surface area contributed by atoms with Crippen LogP contribution >= 0.6 is 11.3 Å². The van der Waals surface area contributed by atoms with Gasteiger partial charge in [-0.05, 0) is 60.2 Å². The monoisotopic (exact) mass is 501 g/mol. The van der Waals surface area contributed by atoms with Gasteiger partial charge in [0.25, 0.3) is 0 Å². The molecule has 3 aromatic rings. The van der Waals surface area contributed by atoms with E-state index >= 15 is 0 Å². The zero-order valence-electron chi connectivity index (χ0n) is 20.1. The topological polar surface area (TPSA) is 84.9 Å². The number of carbonyl (C=O) groups is 2. The predicted octanol–water partition coefficient (Wildman–Crippen LogP) is 5.57. The maximum atomic E-state index is 13.6. The molecule has 2 N–H and O–H groups in total. The Morgan fingerprint density at radius 1 is 1.11 bits per heavy atom. The van der Waals surface area contributed by atoms with Crippen LogP contribution in [0.5, 0.6) is 11.5 Å². The molecule has 2 heterocycles. The number of phenolic OH excluding ortho intramolecular Hbond substituents is 1. The quantitative estimate of drug-likeness (QED) is 0.430. The third-order valence-corrected chi connectivity index (χ3v) is 7.76. The van der Waals surface area contributed by atoms with Gasteiger partial charge in [0.2, 0.25) is 0 Å². The van der Waals surface area contributed by atoms with Crippen LogP contribution in [0.4, 0.5) is 0 Å². The minimum atomic E-state index is -0.617. The van der Waals surface area contributed by atoms with E-state index in [1.165, 1.54) is 4.88 Å². The van der Waals surface area contributed by atoms with E-state index in [4.69, 9.17) is 9.47 Å². The molecule has 2 aliphatic rings. The molecule has 0 saturated carbocycles. The number of ether oxygens (including phenoxy) is 2. The lowest BCUT2D eigenvalue weighted by Crippen LogP contribution is -2.36. The second kappa shape index (κ2) is 10.0. The van der Waals surface area contributed by atoms with Crippen molar-refractivity contribution in [2.75, 3.05) is 7.11 Å². The van der Waals surface area contributed by atoms with E-state index in [2.05, 4.69) is 11.4 Å². The van der Waals surface area contributed by atoms with E-state index in [9.17, 15) is 14.7 Å². The maximum Gasteiger partial charge on any atom is 0.337 e. The predicted molar refractivity (Wildman–Crippen MR) is 138 cm³/mol. The highest BCUT2D eigenvalue weighted by Crippen LogP contribution is 2.46. The van der Waals surface area contributed by atoms with E-state index in [0.717, 1.165) is 17.0 Å². The average Bonchev–Trinajstić information content (AvgIpc) is 3.42. The minimum Gasteiger partial charge on any atom is -0.508 e. The van der Waals surface area contributed by atoms with Gasteiger partial charge in [0.05, 0.1) is 12.7 Å². The second-order valence-electron chi connectivity index (χ2n) is 9.05. The second-order valence-corrected chi connectivity index (χ2v) is 10.0. The number of benzene rings is 2. The van der Waals surface area contributed by atoms with Gasteiger partial charge < -0.3 is 19.9 Å². The molecule has 0 unspecified atom stereocenters. The highest BCUT2D eigenvalue weighted by atomic mass is 32.1. The molecule has 0 radical (unpaired) electrons. The number of rotatable bonds is 6. The van der Waals surface area contributed by atoms with Crippen LogP contribution in [0.2, 0.25) is 0 Å². The Kier molecular flexibility index (Phi) is 6.65. The van der Waals surface area contributed by atoms with E-state index in [-0.39, 0.29) is 24.1 Å². The summed E-state index contributed by atoms with van der Waals surface area (Å²) in [5.41, 5.74) is 3.96. The molecule has 0 bridgehead atoms. The molecule has 2 atom stereocenters. The first-order chi connectivity index (χ1) is 17.4. The molecule has 2 aromatic carbocycles. The first kappa shape index (κ1) is 23.9. The summed E-state index contributed by atoms with van der Waals surface area (Å²) < 4.78 is 10.9. The fraction of sp³-hybridized carbons (Fsp3) is 0.241. The minimum absolute atomic E-state index is 0.00319. The SMILES string of the molecule is COc1ccc(COC(=O)C2=C(C)NC3=C(C(=O)C[C@@H](c4cccs4)C3)[C@H]2c2cccc(O)c2)cc1. The molecule has 6 nitrogen and oxygen atoms in total. The van der Waals surface area contributed by atoms with Crippen molar-refractivity contribution in [1.82, 2.24) is 5.32 Å². The highest BCUT2D eigenvalue weighted by Gasteiger charge is 2.41. The Balaban J connectivity index is 1.48. The van der Waals surface area contributed by atoms with Gasteiger partial charge in [-0.3, -0.25) is 4.79 Å². The molecule has 184 valence electrons. The largest absolute Gasteiger partial charge is 0.508 e. The Hall–Kier alpha value is -3.84. The van der Waals surface area contributed by atoms with Crippen LogP contribution in [0.3, 0.4) is 0 Å². The number of phenols is 1. The summed E-state index contributed by atoms with van der Waals surface area (Å²) in [6, 6.07) is 18.1. The maximum absolute atomic E-state index is 13.6. The number of esters is 1. The number of methoxy groups -OCH3 is 1. The van der Waals surface area contributed by atoms with Crippen molar-refractivity contribution < 1.29 is 24.2 Å². The van der Waals surface area contributed by atoms with Gasteiger partial charge in [0.1, 0.15) is 18.1 Å². The Morgan fingerprint density at radius 2 is 1.92 bits per heavy atom. The van der Waals surface area contributed by atoms with Gasteiger partial charge in [0.15, 0.2) is 5.78 Å². The summed E-state index contributed by atoms with van der Waals surface area (Å²) in [4.78, 5) is 28.2. The average molecular weight is 502 g/mol. The number of carbonyl (C=O) groups excluding carboxylic acids is 2. The number of thiophene rings is 1. The third kappa shape index (κ3) is 4.66. The Morgan fingerprint density at radius 3 is 2.61 bits per heavy atom. The van der Waals surface area contributed by atoms with E-state index in [1.54, 1.807) is 36.6 Å². The van der Waals surface area contributed by atoms with Crippen LogP contribution in [0.1, 0.15) is 47.6 Å². The van der Waals surface area contributed by atoms with Crippen LogP contribution in [-0.4, -0.2) is 24.0 Å². The summed E-state index contributed by atoms with van der Waals surface area (Å²) in [5.74, 6) is -0.206. The summed E-state index contributed by atoms with van der Waals surface area (Å²) in [7, 11) is 1.60. The van der Waals surface area contributed by atoms with Crippen LogP contribution in [0.25, 0.3) is 0 Å². The number of ketones is 1. The molecule has 0 amide bonds. The molecule has 0 saturated heterocycles. The van der Waals surface area contributed by atoms with Crippen LogP contribution in [0, 0.1) is 0 Å². The lowest BCUT2D eigenvalue weighted by molar-refractivity contribution is -0.140. The summed E-state index contributed by atoms with van der Waals surface area (Å²) in [6.45, 7) is 1.93. The van der Waals surface area contributed by atoms with E-state index < -0.39 is 11.9 Å². The Bertz CT molecular complexity index is 1350. The molecule has 0 spiro atoms. The number of nitrogens with one attached hydrogen (secondary N) is 1. The molecule has 5 rings (SSSR count). The summed E-state index contributed by atoms with van der Waals surface area (Å²) in [6.07, 6.45) is 1.06. The fourth-order valence-corrected chi connectivity index (χ4v) is 5.85. The lowest BCUT2D eigenvalue weighted by atomic mass is 9.72.